The van der Waals surface area contributed by atoms with Crippen LogP contribution < -0.4 is 5.32 Å². The van der Waals surface area contributed by atoms with Gasteiger partial charge in [0, 0.05) is 18.7 Å². The molecule has 0 spiro atoms. The van der Waals surface area contributed by atoms with Crippen molar-refractivity contribution < 1.29 is 19.4 Å². The predicted molar refractivity (Wildman–Crippen MR) is 83.3 cm³/mol. The zero-order valence-electron chi connectivity index (χ0n) is 13.3. The number of hydrogen-bond acceptors (Lipinski definition) is 6. The minimum Gasteiger partial charge on any atom is -0.476 e. The van der Waals surface area contributed by atoms with Crippen LogP contribution in [-0.2, 0) is 17.7 Å². The molecule has 0 aliphatic carbocycles. The first kappa shape index (κ1) is 18.3. The Labute approximate surface area is 133 Å². The molecule has 0 saturated heterocycles. The van der Waals surface area contributed by atoms with Crippen LogP contribution in [0.5, 0.6) is 0 Å². The van der Waals surface area contributed by atoms with E-state index < -0.39 is 17.7 Å². The number of carboxylic acids is 1. The number of aryl methyl sites for hydroxylation is 1. The number of hydrogen-bond donors (Lipinski definition) is 2. The highest BCUT2D eigenvalue weighted by molar-refractivity contribution is 7.98. The molecule has 0 bridgehead atoms. The normalized spacial score (nSPS) is 11.3. The highest BCUT2D eigenvalue weighted by Crippen LogP contribution is 2.09. The van der Waals surface area contributed by atoms with Gasteiger partial charge >= 0.3 is 12.1 Å². The van der Waals surface area contributed by atoms with Gasteiger partial charge in [-0.25, -0.2) is 14.3 Å². The molecule has 0 fully saturated rings. The predicted octanol–water partition coefficient (Wildman–Crippen LogP) is 1.41. The van der Waals surface area contributed by atoms with Gasteiger partial charge in [-0.2, -0.15) is 11.8 Å². The summed E-state index contributed by atoms with van der Waals surface area (Å²) >= 11 is 1.63. The maximum Gasteiger partial charge on any atom is 0.407 e. The lowest BCUT2D eigenvalue weighted by Gasteiger charge is -2.19. The molecule has 0 aromatic carbocycles. The van der Waals surface area contributed by atoms with Gasteiger partial charge in [-0.05, 0) is 27.0 Å². The summed E-state index contributed by atoms with van der Waals surface area (Å²) in [5.41, 5.74) is -0.150. The number of carbonyl (C=O) groups excluding carboxylic acids is 1. The first-order chi connectivity index (χ1) is 10.2. The maximum absolute atomic E-state index is 11.6. The van der Waals surface area contributed by atoms with Crippen LogP contribution in [0.4, 0.5) is 4.79 Å². The highest BCUT2D eigenvalue weighted by atomic mass is 32.2. The molecule has 0 unspecified atom stereocenters. The Balaban J connectivity index is 2.65. The third kappa shape index (κ3) is 5.92. The Morgan fingerprint density at radius 2 is 2.09 bits per heavy atom. The zero-order chi connectivity index (χ0) is 16.8. The SMILES string of the molecule is CSCCn1nnc(C(=O)O)c1CCNC(=O)OC(C)(C)C. The fourth-order valence-electron chi connectivity index (χ4n) is 1.70. The van der Waals surface area contributed by atoms with Crippen LogP contribution in [0.2, 0.25) is 0 Å². The molecule has 1 rings (SSSR count). The van der Waals surface area contributed by atoms with Crippen molar-refractivity contribution in [1.82, 2.24) is 20.3 Å². The summed E-state index contributed by atoms with van der Waals surface area (Å²) in [6.45, 7) is 6.15. The molecule has 1 amide bonds. The van der Waals surface area contributed by atoms with Gasteiger partial charge in [0.05, 0.1) is 12.2 Å². The van der Waals surface area contributed by atoms with Gasteiger partial charge in [0.1, 0.15) is 5.60 Å². The van der Waals surface area contributed by atoms with Gasteiger partial charge in [-0.3, -0.25) is 0 Å². The number of amides is 1. The van der Waals surface area contributed by atoms with Crippen molar-refractivity contribution >= 4 is 23.8 Å². The lowest BCUT2D eigenvalue weighted by Crippen LogP contribution is -2.34. The minimum absolute atomic E-state index is 0.0768. The van der Waals surface area contributed by atoms with Gasteiger partial charge in [0.15, 0.2) is 5.69 Å². The van der Waals surface area contributed by atoms with E-state index >= 15 is 0 Å². The molecular formula is C13H22N4O4S. The molecule has 124 valence electrons. The third-order valence-corrected chi connectivity index (χ3v) is 3.17. The van der Waals surface area contributed by atoms with Crippen LogP contribution in [0, 0.1) is 0 Å². The van der Waals surface area contributed by atoms with Crippen molar-refractivity contribution in [3.05, 3.63) is 11.4 Å². The number of aromatic carboxylic acids is 1. The number of carboxylic acid groups (broad SMARTS) is 1. The summed E-state index contributed by atoms with van der Waals surface area (Å²) in [7, 11) is 0. The molecule has 0 aliphatic heterocycles. The Morgan fingerprint density at radius 1 is 1.41 bits per heavy atom. The largest absolute Gasteiger partial charge is 0.476 e. The van der Waals surface area contributed by atoms with E-state index in [-0.39, 0.29) is 12.2 Å². The van der Waals surface area contributed by atoms with Crippen molar-refractivity contribution in [1.29, 1.82) is 0 Å². The molecular weight excluding hydrogens is 308 g/mol. The maximum atomic E-state index is 11.6. The fourth-order valence-corrected chi connectivity index (χ4v) is 2.06. The second kappa shape index (κ2) is 8.02. The molecule has 9 heteroatoms. The van der Waals surface area contributed by atoms with E-state index in [1.807, 2.05) is 6.26 Å². The number of aromatic nitrogens is 3. The van der Waals surface area contributed by atoms with Crippen LogP contribution in [0.1, 0.15) is 37.0 Å². The number of nitrogens with one attached hydrogen (secondary N) is 1. The van der Waals surface area contributed by atoms with Crippen LogP contribution >= 0.6 is 11.8 Å². The Bertz CT molecular complexity index is 525. The Morgan fingerprint density at radius 3 is 2.64 bits per heavy atom. The van der Waals surface area contributed by atoms with E-state index in [4.69, 9.17) is 9.84 Å². The number of thioether (sulfide) groups is 1. The molecule has 2 N–H and O–H groups in total. The van der Waals surface area contributed by atoms with Crippen molar-refractivity contribution in [2.45, 2.75) is 39.3 Å². The summed E-state index contributed by atoms with van der Waals surface area (Å²) in [6, 6.07) is 0. The monoisotopic (exact) mass is 330 g/mol. The Kier molecular flexibility index (Phi) is 6.66. The molecule has 0 radical (unpaired) electrons. The van der Waals surface area contributed by atoms with Gasteiger partial charge in [-0.15, -0.1) is 5.10 Å². The van der Waals surface area contributed by atoms with E-state index in [0.29, 0.717) is 18.7 Å². The molecule has 8 nitrogen and oxygen atoms in total. The van der Waals surface area contributed by atoms with Gasteiger partial charge in [0.25, 0.3) is 0 Å². The molecule has 1 aromatic rings. The summed E-state index contributed by atoms with van der Waals surface area (Å²) < 4.78 is 6.69. The van der Waals surface area contributed by atoms with E-state index in [9.17, 15) is 9.59 Å². The number of rotatable bonds is 7. The summed E-state index contributed by atoms with van der Waals surface area (Å²) in [5, 5.41) is 19.3. The smallest absolute Gasteiger partial charge is 0.407 e. The molecule has 22 heavy (non-hydrogen) atoms. The summed E-state index contributed by atoms with van der Waals surface area (Å²) in [6.07, 6.45) is 1.74. The fraction of sp³-hybridized carbons (Fsp3) is 0.692. The van der Waals surface area contributed by atoms with Crippen LogP contribution in [0.25, 0.3) is 0 Å². The van der Waals surface area contributed by atoms with Crippen molar-refractivity contribution in [2.24, 2.45) is 0 Å². The third-order valence-electron chi connectivity index (χ3n) is 2.58. The molecule has 0 atom stereocenters. The first-order valence-corrected chi connectivity index (χ1v) is 8.25. The number of alkyl carbamates (subject to hydrolysis) is 1. The van der Waals surface area contributed by atoms with Crippen molar-refractivity contribution in [2.75, 3.05) is 18.6 Å². The number of carbonyl (C=O) groups is 2. The Hall–Kier alpha value is -1.77. The molecule has 1 aromatic heterocycles. The molecule has 0 saturated carbocycles. The first-order valence-electron chi connectivity index (χ1n) is 6.86. The summed E-state index contributed by atoms with van der Waals surface area (Å²) in [4.78, 5) is 22.7. The topological polar surface area (TPSA) is 106 Å². The van der Waals surface area contributed by atoms with Crippen molar-refractivity contribution in [3.8, 4) is 0 Å². The second-order valence-corrected chi connectivity index (χ2v) is 6.57. The highest BCUT2D eigenvalue weighted by Gasteiger charge is 2.20. The zero-order valence-corrected chi connectivity index (χ0v) is 14.1. The van der Waals surface area contributed by atoms with Gasteiger partial charge in [-0.1, -0.05) is 5.21 Å². The van der Waals surface area contributed by atoms with Gasteiger partial charge < -0.3 is 15.2 Å². The van der Waals surface area contributed by atoms with Crippen molar-refractivity contribution in [3.63, 3.8) is 0 Å². The van der Waals surface area contributed by atoms with Crippen LogP contribution in [-0.4, -0.2) is 56.3 Å². The van der Waals surface area contributed by atoms with Crippen LogP contribution in [0.15, 0.2) is 0 Å². The quantitative estimate of drug-likeness (QED) is 0.778. The van der Waals surface area contributed by atoms with E-state index in [0.717, 1.165) is 5.75 Å². The standard InChI is InChI=1S/C13H22N4O4S/c1-13(2,3)21-12(20)14-6-5-9-10(11(18)19)15-16-17(9)7-8-22-4/h5-8H2,1-4H3,(H,14,20)(H,18,19). The number of ether oxygens (including phenoxy) is 1. The molecule has 1 heterocycles. The number of nitrogens with zero attached hydrogens (tertiary/aromatic N) is 3. The summed E-state index contributed by atoms with van der Waals surface area (Å²) in [5.74, 6) is -0.322. The van der Waals surface area contributed by atoms with Crippen LogP contribution in [0.3, 0.4) is 0 Å². The average molecular weight is 330 g/mol. The lowest BCUT2D eigenvalue weighted by atomic mass is 10.2. The van der Waals surface area contributed by atoms with E-state index in [1.54, 1.807) is 37.2 Å². The lowest BCUT2D eigenvalue weighted by molar-refractivity contribution is 0.0528. The second-order valence-electron chi connectivity index (χ2n) is 5.58. The minimum atomic E-state index is -1.12. The molecule has 0 aliphatic rings. The van der Waals surface area contributed by atoms with E-state index in [1.165, 1.54) is 0 Å². The van der Waals surface area contributed by atoms with Gasteiger partial charge in [0.2, 0.25) is 0 Å². The average Bonchev–Trinajstić information content (AvgIpc) is 2.77. The van der Waals surface area contributed by atoms with E-state index in [2.05, 4.69) is 15.6 Å².